The Morgan fingerprint density at radius 1 is 1.22 bits per heavy atom. The zero-order valence-corrected chi connectivity index (χ0v) is 13.8. The summed E-state index contributed by atoms with van der Waals surface area (Å²) in [6, 6.07) is 5.37. The second-order valence-corrected chi connectivity index (χ2v) is 6.58. The summed E-state index contributed by atoms with van der Waals surface area (Å²) >= 11 is 1.18. The highest BCUT2D eigenvalue weighted by Gasteiger charge is 2.13. The molecule has 0 saturated carbocycles. The van der Waals surface area contributed by atoms with Crippen LogP contribution in [0, 0.1) is 0 Å². The fourth-order valence-corrected chi connectivity index (χ4v) is 3.02. The molecule has 118 valence electrons. The van der Waals surface area contributed by atoms with Gasteiger partial charge in [-0.1, -0.05) is 0 Å². The standard InChI is InChI=1S/C16H16N4O2S/c1-9(2)20-15-11(7-18-20)6-12(8-17-15)19-16(22)14-5-4-13(23-14)10(3)21/h4-9H,1-3H3,(H,19,22). The van der Waals surface area contributed by atoms with Crippen LogP contribution in [0.25, 0.3) is 11.0 Å². The van der Waals surface area contributed by atoms with Crippen molar-refractivity contribution >= 4 is 39.7 Å². The summed E-state index contributed by atoms with van der Waals surface area (Å²) in [5, 5.41) is 7.97. The number of nitrogens with one attached hydrogen (secondary N) is 1. The number of thiophene rings is 1. The fourth-order valence-electron chi connectivity index (χ4n) is 2.23. The minimum Gasteiger partial charge on any atom is -0.320 e. The Hall–Kier alpha value is -2.54. The Balaban J connectivity index is 1.83. The maximum Gasteiger partial charge on any atom is 0.265 e. The molecule has 3 aromatic rings. The Morgan fingerprint density at radius 2 is 1.96 bits per heavy atom. The minimum absolute atomic E-state index is 0.0433. The maximum absolute atomic E-state index is 12.2. The molecule has 0 spiro atoms. The number of ketones is 1. The SMILES string of the molecule is CC(=O)c1ccc(C(=O)Nc2cnc3c(cnn3C(C)C)c2)s1. The van der Waals surface area contributed by atoms with Crippen molar-refractivity contribution in [2.75, 3.05) is 5.32 Å². The molecule has 0 aliphatic rings. The van der Waals surface area contributed by atoms with Crippen molar-refractivity contribution in [3.63, 3.8) is 0 Å². The molecule has 7 heteroatoms. The molecule has 0 fully saturated rings. The van der Waals surface area contributed by atoms with Crippen LogP contribution in [-0.2, 0) is 0 Å². The van der Waals surface area contributed by atoms with Gasteiger partial charge in [0, 0.05) is 11.4 Å². The molecule has 0 aromatic carbocycles. The molecular weight excluding hydrogens is 312 g/mol. The van der Waals surface area contributed by atoms with Crippen LogP contribution < -0.4 is 5.32 Å². The maximum atomic E-state index is 12.2. The molecule has 0 aliphatic heterocycles. The van der Waals surface area contributed by atoms with Crippen LogP contribution in [0.4, 0.5) is 5.69 Å². The lowest BCUT2D eigenvalue weighted by Crippen LogP contribution is -2.10. The Kier molecular flexibility index (Phi) is 3.96. The van der Waals surface area contributed by atoms with Crippen LogP contribution in [0.5, 0.6) is 0 Å². The fraction of sp³-hybridized carbons (Fsp3) is 0.250. The first-order valence-electron chi connectivity index (χ1n) is 7.21. The van der Waals surface area contributed by atoms with Crippen molar-refractivity contribution in [1.29, 1.82) is 0 Å². The van der Waals surface area contributed by atoms with E-state index in [-0.39, 0.29) is 17.7 Å². The molecule has 23 heavy (non-hydrogen) atoms. The van der Waals surface area contributed by atoms with Gasteiger partial charge in [0.15, 0.2) is 11.4 Å². The van der Waals surface area contributed by atoms with E-state index in [9.17, 15) is 9.59 Å². The van der Waals surface area contributed by atoms with Gasteiger partial charge >= 0.3 is 0 Å². The molecule has 0 unspecified atom stereocenters. The van der Waals surface area contributed by atoms with E-state index in [0.717, 1.165) is 11.0 Å². The topological polar surface area (TPSA) is 76.9 Å². The summed E-state index contributed by atoms with van der Waals surface area (Å²) in [7, 11) is 0. The molecule has 1 amide bonds. The smallest absolute Gasteiger partial charge is 0.265 e. The number of carbonyl (C=O) groups is 2. The van der Waals surface area contributed by atoms with E-state index in [1.165, 1.54) is 18.3 Å². The lowest BCUT2D eigenvalue weighted by Gasteiger charge is -2.07. The van der Waals surface area contributed by atoms with Gasteiger partial charge in [-0.25, -0.2) is 9.67 Å². The van der Waals surface area contributed by atoms with E-state index in [1.54, 1.807) is 24.5 Å². The summed E-state index contributed by atoms with van der Waals surface area (Å²) in [6.45, 7) is 5.55. The number of aromatic nitrogens is 3. The number of Topliss-reactive ketones (excluding diaryl/α,β-unsaturated/α-hetero) is 1. The second kappa shape index (κ2) is 5.92. The third-order valence-corrected chi connectivity index (χ3v) is 4.54. The first kappa shape index (κ1) is 15.4. The van der Waals surface area contributed by atoms with Crippen LogP contribution in [0.15, 0.2) is 30.6 Å². The van der Waals surface area contributed by atoms with Gasteiger partial charge in [0.2, 0.25) is 0 Å². The van der Waals surface area contributed by atoms with Crippen molar-refractivity contribution in [3.8, 4) is 0 Å². The predicted octanol–water partition coefficient (Wildman–Crippen LogP) is 3.53. The van der Waals surface area contributed by atoms with Gasteiger partial charge in [0.05, 0.1) is 27.8 Å². The molecule has 0 radical (unpaired) electrons. The molecule has 1 N–H and O–H groups in total. The summed E-state index contributed by atoms with van der Waals surface area (Å²) in [6.07, 6.45) is 3.34. The van der Waals surface area contributed by atoms with E-state index in [0.29, 0.717) is 15.4 Å². The monoisotopic (exact) mass is 328 g/mol. The largest absolute Gasteiger partial charge is 0.320 e. The first-order chi connectivity index (χ1) is 11.0. The molecule has 3 heterocycles. The number of hydrogen-bond acceptors (Lipinski definition) is 5. The lowest BCUT2D eigenvalue weighted by molar-refractivity contribution is 0.101. The average Bonchev–Trinajstić information content (AvgIpc) is 3.13. The highest BCUT2D eigenvalue weighted by molar-refractivity contribution is 7.16. The zero-order valence-electron chi connectivity index (χ0n) is 13.0. The summed E-state index contributed by atoms with van der Waals surface area (Å²) in [5.74, 6) is -0.293. The van der Waals surface area contributed by atoms with Crippen molar-refractivity contribution in [1.82, 2.24) is 14.8 Å². The van der Waals surface area contributed by atoms with Crippen molar-refractivity contribution in [3.05, 3.63) is 40.3 Å². The molecule has 0 aliphatic carbocycles. The highest BCUT2D eigenvalue weighted by atomic mass is 32.1. The number of hydrogen-bond donors (Lipinski definition) is 1. The van der Waals surface area contributed by atoms with Gasteiger partial charge in [-0.2, -0.15) is 5.10 Å². The quantitative estimate of drug-likeness (QED) is 0.743. The van der Waals surface area contributed by atoms with Crippen LogP contribution in [0.1, 0.15) is 46.2 Å². The van der Waals surface area contributed by atoms with Gasteiger partial charge in [-0.3, -0.25) is 9.59 Å². The number of pyridine rings is 1. The average molecular weight is 328 g/mol. The molecular formula is C16H16N4O2S. The Morgan fingerprint density at radius 3 is 2.61 bits per heavy atom. The van der Waals surface area contributed by atoms with Crippen LogP contribution in [-0.4, -0.2) is 26.5 Å². The summed E-state index contributed by atoms with van der Waals surface area (Å²) < 4.78 is 1.83. The Labute approximate surface area is 137 Å². The molecule has 6 nitrogen and oxygen atoms in total. The number of nitrogens with zero attached hydrogens (tertiary/aromatic N) is 3. The number of amides is 1. The van der Waals surface area contributed by atoms with Crippen molar-refractivity contribution in [2.45, 2.75) is 26.8 Å². The van der Waals surface area contributed by atoms with E-state index < -0.39 is 0 Å². The first-order valence-corrected chi connectivity index (χ1v) is 8.02. The second-order valence-electron chi connectivity index (χ2n) is 5.49. The van der Waals surface area contributed by atoms with Crippen LogP contribution in [0.2, 0.25) is 0 Å². The zero-order chi connectivity index (χ0) is 16.6. The highest BCUT2D eigenvalue weighted by Crippen LogP contribution is 2.21. The number of anilines is 1. The molecule has 3 rings (SSSR count). The minimum atomic E-state index is -0.250. The van der Waals surface area contributed by atoms with Gasteiger partial charge in [-0.05, 0) is 39.0 Å². The molecule has 0 bridgehead atoms. The number of rotatable bonds is 4. The van der Waals surface area contributed by atoms with E-state index in [2.05, 4.69) is 15.4 Å². The Bertz CT molecular complexity index is 895. The van der Waals surface area contributed by atoms with E-state index >= 15 is 0 Å². The van der Waals surface area contributed by atoms with Gasteiger partial charge in [0.25, 0.3) is 5.91 Å². The number of carbonyl (C=O) groups excluding carboxylic acids is 2. The van der Waals surface area contributed by atoms with Crippen LogP contribution >= 0.6 is 11.3 Å². The lowest BCUT2D eigenvalue weighted by atomic mass is 10.3. The van der Waals surface area contributed by atoms with Crippen molar-refractivity contribution < 1.29 is 9.59 Å². The summed E-state index contributed by atoms with van der Waals surface area (Å²) in [4.78, 5) is 29.0. The van der Waals surface area contributed by atoms with E-state index in [4.69, 9.17) is 0 Å². The van der Waals surface area contributed by atoms with Crippen molar-refractivity contribution in [2.24, 2.45) is 0 Å². The predicted molar refractivity (Wildman–Crippen MR) is 90.2 cm³/mol. The van der Waals surface area contributed by atoms with Gasteiger partial charge in [0.1, 0.15) is 0 Å². The number of fused-ring (bicyclic) bond motifs is 1. The normalized spacial score (nSPS) is 11.1. The summed E-state index contributed by atoms with van der Waals surface area (Å²) in [5.41, 5.74) is 1.39. The van der Waals surface area contributed by atoms with E-state index in [1.807, 2.05) is 24.6 Å². The molecule has 3 aromatic heterocycles. The molecule has 0 saturated heterocycles. The third-order valence-electron chi connectivity index (χ3n) is 3.36. The van der Waals surface area contributed by atoms with Gasteiger partial charge < -0.3 is 5.32 Å². The third kappa shape index (κ3) is 3.00. The van der Waals surface area contributed by atoms with Crippen LogP contribution in [0.3, 0.4) is 0 Å². The van der Waals surface area contributed by atoms with Gasteiger partial charge in [-0.15, -0.1) is 11.3 Å². The molecule has 0 atom stereocenters.